The van der Waals surface area contributed by atoms with Gasteiger partial charge in [-0.2, -0.15) is 0 Å². The van der Waals surface area contributed by atoms with Crippen LogP contribution in [0.1, 0.15) is 42.6 Å². The molecule has 98 valence electrons. The lowest BCUT2D eigenvalue weighted by Crippen LogP contribution is -2.34. The Bertz CT molecular complexity index is 382. The number of hydrogen-bond donors (Lipinski definition) is 1. The molecule has 1 amide bonds. The average Bonchev–Trinajstić information content (AvgIpc) is 2.38. The molecule has 0 unspecified atom stereocenters. The first-order chi connectivity index (χ1) is 8.81. The molecular formula is C13H20N4O. The van der Waals surface area contributed by atoms with Gasteiger partial charge in [-0.05, 0) is 25.0 Å². The number of anilines is 1. The van der Waals surface area contributed by atoms with Crippen LogP contribution in [-0.4, -0.2) is 41.1 Å². The summed E-state index contributed by atoms with van der Waals surface area (Å²) in [6.07, 6.45) is 5.91. The molecule has 2 heterocycles. The minimum atomic E-state index is 0.00653. The molecule has 1 N–H and O–H groups in total. The molecule has 1 aromatic heterocycles. The van der Waals surface area contributed by atoms with E-state index in [-0.39, 0.29) is 5.91 Å². The molecule has 1 saturated heterocycles. The Hall–Kier alpha value is -1.65. The Kier molecular flexibility index (Phi) is 4.50. The quantitative estimate of drug-likeness (QED) is 0.868. The maximum atomic E-state index is 12.3. The molecule has 1 aliphatic rings. The predicted octanol–water partition coefficient (Wildman–Crippen LogP) is 1.92. The minimum Gasteiger partial charge on any atom is -0.372 e. The number of carbonyl (C=O) groups is 1. The lowest BCUT2D eigenvalue weighted by molar-refractivity contribution is 0.0735. The van der Waals surface area contributed by atoms with Gasteiger partial charge in [-0.3, -0.25) is 4.79 Å². The van der Waals surface area contributed by atoms with E-state index >= 15 is 0 Å². The van der Waals surface area contributed by atoms with Crippen molar-refractivity contribution in [2.75, 3.05) is 25.5 Å². The minimum absolute atomic E-state index is 0.00653. The second-order valence-electron chi connectivity index (χ2n) is 4.61. The molecule has 0 atom stereocenters. The molecule has 1 aliphatic heterocycles. The Labute approximate surface area is 108 Å². The van der Waals surface area contributed by atoms with Gasteiger partial charge in [0.1, 0.15) is 5.82 Å². The standard InChI is InChI=1S/C13H20N4O/c1-14-12-8-7-11(15-16-12)13(18)17-9-5-3-2-4-6-10-17/h7-8H,2-6,9-10H2,1H3,(H,14,16). The Balaban J connectivity index is 2.03. The average molecular weight is 248 g/mol. The molecule has 5 nitrogen and oxygen atoms in total. The fourth-order valence-electron chi connectivity index (χ4n) is 2.19. The second-order valence-corrected chi connectivity index (χ2v) is 4.61. The van der Waals surface area contributed by atoms with Crippen LogP contribution >= 0.6 is 0 Å². The van der Waals surface area contributed by atoms with E-state index in [2.05, 4.69) is 15.5 Å². The van der Waals surface area contributed by atoms with Crippen LogP contribution in [0.2, 0.25) is 0 Å². The van der Waals surface area contributed by atoms with Crippen molar-refractivity contribution >= 4 is 11.7 Å². The Morgan fingerprint density at radius 1 is 1.11 bits per heavy atom. The number of nitrogens with zero attached hydrogens (tertiary/aromatic N) is 3. The first kappa shape index (κ1) is 12.8. The monoisotopic (exact) mass is 248 g/mol. The van der Waals surface area contributed by atoms with Crippen molar-refractivity contribution in [1.29, 1.82) is 0 Å². The van der Waals surface area contributed by atoms with Gasteiger partial charge in [0, 0.05) is 20.1 Å². The number of likely N-dealkylation sites (tertiary alicyclic amines) is 1. The first-order valence-corrected chi connectivity index (χ1v) is 6.62. The van der Waals surface area contributed by atoms with Crippen LogP contribution in [0.15, 0.2) is 12.1 Å². The fraction of sp³-hybridized carbons (Fsp3) is 0.615. The second kappa shape index (κ2) is 6.33. The highest BCUT2D eigenvalue weighted by Crippen LogP contribution is 2.13. The molecule has 0 radical (unpaired) electrons. The number of rotatable bonds is 2. The molecule has 1 fully saturated rings. The van der Waals surface area contributed by atoms with Gasteiger partial charge in [-0.15, -0.1) is 10.2 Å². The van der Waals surface area contributed by atoms with E-state index in [0.717, 1.165) is 25.9 Å². The maximum Gasteiger partial charge on any atom is 0.274 e. The zero-order valence-corrected chi connectivity index (χ0v) is 10.9. The van der Waals surface area contributed by atoms with E-state index in [0.29, 0.717) is 11.5 Å². The highest BCUT2D eigenvalue weighted by atomic mass is 16.2. The number of aromatic nitrogens is 2. The summed E-state index contributed by atoms with van der Waals surface area (Å²) in [5.41, 5.74) is 0.439. The van der Waals surface area contributed by atoms with Crippen molar-refractivity contribution in [3.8, 4) is 0 Å². The molecule has 0 spiro atoms. The maximum absolute atomic E-state index is 12.3. The first-order valence-electron chi connectivity index (χ1n) is 6.62. The van der Waals surface area contributed by atoms with Gasteiger partial charge in [0.15, 0.2) is 5.69 Å². The number of amides is 1. The third-order valence-electron chi connectivity index (χ3n) is 3.28. The molecule has 1 aromatic rings. The van der Waals surface area contributed by atoms with Gasteiger partial charge in [0.05, 0.1) is 0 Å². The van der Waals surface area contributed by atoms with Crippen LogP contribution in [0.5, 0.6) is 0 Å². The normalized spacial score (nSPS) is 16.8. The van der Waals surface area contributed by atoms with Crippen molar-refractivity contribution in [3.05, 3.63) is 17.8 Å². The van der Waals surface area contributed by atoms with Gasteiger partial charge >= 0.3 is 0 Å². The Morgan fingerprint density at radius 3 is 2.33 bits per heavy atom. The zero-order chi connectivity index (χ0) is 12.8. The van der Waals surface area contributed by atoms with E-state index in [4.69, 9.17) is 0 Å². The molecule has 2 rings (SSSR count). The van der Waals surface area contributed by atoms with Gasteiger partial charge < -0.3 is 10.2 Å². The van der Waals surface area contributed by atoms with Crippen LogP contribution < -0.4 is 5.32 Å². The van der Waals surface area contributed by atoms with E-state index in [1.807, 2.05) is 4.90 Å². The van der Waals surface area contributed by atoms with Crippen LogP contribution in [0.3, 0.4) is 0 Å². The summed E-state index contributed by atoms with van der Waals surface area (Å²) in [6, 6.07) is 3.52. The van der Waals surface area contributed by atoms with Gasteiger partial charge in [-0.25, -0.2) is 0 Å². The third-order valence-corrected chi connectivity index (χ3v) is 3.28. The summed E-state index contributed by atoms with van der Waals surface area (Å²) in [5, 5.41) is 10.8. The van der Waals surface area contributed by atoms with Crippen LogP contribution in [-0.2, 0) is 0 Å². The number of nitrogens with one attached hydrogen (secondary N) is 1. The molecule has 0 bridgehead atoms. The topological polar surface area (TPSA) is 58.1 Å². The summed E-state index contributed by atoms with van der Waals surface area (Å²) in [4.78, 5) is 14.2. The summed E-state index contributed by atoms with van der Waals surface area (Å²) < 4.78 is 0. The largest absolute Gasteiger partial charge is 0.372 e. The van der Waals surface area contributed by atoms with E-state index in [1.165, 1.54) is 19.3 Å². The Morgan fingerprint density at radius 2 is 1.78 bits per heavy atom. The summed E-state index contributed by atoms with van der Waals surface area (Å²) in [6.45, 7) is 1.68. The smallest absolute Gasteiger partial charge is 0.274 e. The van der Waals surface area contributed by atoms with Gasteiger partial charge in [0.2, 0.25) is 0 Å². The van der Waals surface area contributed by atoms with Crippen LogP contribution in [0.25, 0.3) is 0 Å². The van der Waals surface area contributed by atoms with Gasteiger partial charge in [0.25, 0.3) is 5.91 Å². The fourth-order valence-corrected chi connectivity index (χ4v) is 2.19. The van der Waals surface area contributed by atoms with Crippen LogP contribution in [0, 0.1) is 0 Å². The summed E-state index contributed by atoms with van der Waals surface area (Å²) >= 11 is 0. The molecule has 18 heavy (non-hydrogen) atoms. The lowest BCUT2D eigenvalue weighted by Gasteiger charge is -2.24. The van der Waals surface area contributed by atoms with E-state index < -0.39 is 0 Å². The molecule has 5 heteroatoms. The summed E-state index contributed by atoms with van der Waals surface area (Å²) in [7, 11) is 1.78. The van der Waals surface area contributed by atoms with Crippen LogP contribution in [0.4, 0.5) is 5.82 Å². The zero-order valence-electron chi connectivity index (χ0n) is 10.9. The SMILES string of the molecule is CNc1ccc(C(=O)N2CCCCCCC2)nn1. The van der Waals surface area contributed by atoms with Crippen molar-refractivity contribution in [2.24, 2.45) is 0 Å². The molecule has 0 aliphatic carbocycles. The third kappa shape index (κ3) is 3.18. The number of hydrogen-bond acceptors (Lipinski definition) is 4. The van der Waals surface area contributed by atoms with Crippen molar-refractivity contribution < 1.29 is 4.79 Å². The van der Waals surface area contributed by atoms with Crippen molar-refractivity contribution in [1.82, 2.24) is 15.1 Å². The summed E-state index contributed by atoms with van der Waals surface area (Å²) in [5.74, 6) is 0.686. The molecule has 0 saturated carbocycles. The van der Waals surface area contributed by atoms with E-state index in [9.17, 15) is 4.79 Å². The van der Waals surface area contributed by atoms with Crippen molar-refractivity contribution in [3.63, 3.8) is 0 Å². The predicted molar refractivity (Wildman–Crippen MR) is 70.6 cm³/mol. The highest BCUT2D eigenvalue weighted by molar-refractivity contribution is 5.92. The highest BCUT2D eigenvalue weighted by Gasteiger charge is 2.18. The number of carbonyl (C=O) groups excluding carboxylic acids is 1. The molecular weight excluding hydrogens is 228 g/mol. The van der Waals surface area contributed by atoms with Gasteiger partial charge in [-0.1, -0.05) is 19.3 Å². The van der Waals surface area contributed by atoms with Crippen molar-refractivity contribution in [2.45, 2.75) is 32.1 Å². The van der Waals surface area contributed by atoms with E-state index in [1.54, 1.807) is 19.2 Å². The lowest BCUT2D eigenvalue weighted by atomic mass is 10.1. The molecule has 0 aromatic carbocycles.